The van der Waals surface area contributed by atoms with E-state index in [4.69, 9.17) is 4.74 Å². The minimum Gasteiger partial charge on any atom is -0.379 e. The Bertz CT molecular complexity index is 550. The number of nitrogens with zero attached hydrogens (tertiary/aromatic N) is 1. The Hall–Kier alpha value is -1.39. The van der Waals surface area contributed by atoms with Crippen LogP contribution >= 0.6 is 0 Å². The zero-order valence-electron chi connectivity index (χ0n) is 15.7. The van der Waals surface area contributed by atoms with Crippen molar-refractivity contribution < 1.29 is 9.53 Å². The Balaban J connectivity index is 1.54. The summed E-state index contributed by atoms with van der Waals surface area (Å²) in [5.41, 5.74) is 1.64. The Morgan fingerprint density at radius 3 is 2.64 bits per heavy atom. The van der Waals surface area contributed by atoms with Crippen LogP contribution < -0.4 is 5.32 Å². The summed E-state index contributed by atoms with van der Waals surface area (Å²) in [7, 11) is 0. The SMILES string of the molecule is CC(C)C(=O)N[C@H]1COCCC12CCN(CCc1ccccc1)CC2. The number of hydrogen-bond acceptors (Lipinski definition) is 3. The second-order valence-corrected chi connectivity index (χ2v) is 7.98. The van der Waals surface area contributed by atoms with E-state index in [0.29, 0.717) is 6.61 Å². The summed E-state index contributed by atoms with van der Waals surface area (Å²) in [4.78, 5) is 14.8. The average Bonchev–Trinajstić information content (AvgIpc) is 2.64. The number of hydrogen-bond donors (Lipinski definition) is 1. The van der Waals surface area contributed by atoms with E-state index in [-0.39, 0.29) is 23.3 Å². The Labute approximate surface area is 151 Å². The van der Waals surface area contributed by atoms with Gasteiger partial charge < -0.3 is 15.0 Å². The number of carbonyl (C=O) groups excluding carboxylic acids is 1. The Kier molecular flexibility index (Phi) is 6.13. The molecule has 0 saturated carbocycles. The molecule has 0 aliphatic carbocycles. The molecule has 1 atom stereocenters. The molecular formula is C21H32N2O2. The second kappa shape index (κ2) is 8.33. The quantitative estimate of drug-likeness (QED) is 0.893. The number of ether oxygens (including phenoxy) is 1. The summed E-state index contributed by atoms with van der Waals surface area (Å²) in [6.07, 6.45) is 4.51. The number of nitrogens with one attached hydrogen (secondary N) is 1. The third-order valence-corrected chi connectivity index (χ3v) is 6.02. The first-order chi connectivity index (χ1) is 12.1. The molecule has 2 fully saturated rings. The first-order valence-corrected chi connectivity index (χ1v) is 9.73. The molecule has 25 heavy (non-hydrogen) atoms. The molecule has 1 aromatic carbocycles. The summed E-state index contributed by atoms with van der Waals surface area (Å²) in [5, 5.41) is 3.27. The Morgan fingerprint density at radius 1 is 1.24 bits per heavy atom. The van der Waals surface area contributed by atoms with Gasteiger partial charge in [-0.3, -0.25) is 4.79 Å². The molecule has 3 rings (SSSR count). The van der Waals surface area contributed by atoms with Gasteiger partial charge in [0.2, 0.25) is 5.91 Å². The van der Waals surface area contributed by atoms with Crippen LogP contribution in [0.15, 0.2) is 30.3 Å². The molecule has 2 aliphatic heterocycles. The molecule has 1 aromatic rings. The van der Waals surface area contributed by atoms with Crippen molar-refractivity contribution in [2.45, 2.75) is 45.6 Å². The standard InChI is InChI=1S/C21H32N2O2/c1-17(2)20(24)22-19-16-25-15-11-21(19)9-13-23(14-10-21)12-8-18-6-4-3-5-7-18/h3-7,17,19H,8-16H2,1-2H3,(H,22,24)/t19-/m0/s1. The van der Waals surface area contributed by atoms with Crippen LogP contribution in [0.1, 0.15) is 38.7 Å². The Morgan fingerprint density at radius 2 is 1.96 bits per heavy atom. The maximum atomic E-state index is 12.2. The smallest absolute Gasteiger partial charge is 0.222 e. The van der Waals surface area contributed by atoms with Gasteiger partial charge in [-0.15, -0.1) is 0 Å². The van der Waals surface area contributed by atoms with Crippen molar-refractivity contribution in [2.75, 3.05) is 32.8 Å². The normalized spacial score (nSPS) is 23.7. The number of carbonyl (C=O) groups is 1. The van der Waals surface area contributed by atoms with Gasteiger partial charge in [0.05, 0.1) is 12.6 Å². The summed E-state index contributed by atoms with van der Waals surface area (Å²) in [5.74, 6) is 0.186. The van der Waals surface area contributed by atoms with Gasteiger partial charge in [-0.05, 0) is 49.8 Å². The van der Waals surface area contributed by atoms with E-state index in [0.717, 1.165) is 51.9 Å². The third kappa shape index (κ3) is 4.62. The fraction of sp³-hybridized carbons (Fsp3) is 0.667. The molecule has 4 heteroatoms. The number of likely N-dealkylation sites (tertiary alicyclic amines) is 1. The first-order valence-electron chi connectivity index (χ1n) is 9.73. The molecule has 4 nitrogen and oxygen atoms in total. The van der Waals surface area contributed by atoms with E-state index in [2.05, 4.69) is 40.5 Å². The zero-order chi connectivity index (χ0) is 17.7. The molecule has 1 amide bonds. The monoisotopic (exact) mass is 344 g/mol. The van der Waals surface area contributed by atoms with E-state index in [1.54, 1.807) is 0 Å². The van der Waals surface area contributed by atoms with Crippen LogP contribution in [-0.4, -0.2) is 49.7 Å². The van der Waals surface area contributed by atoms with Gasteiger partial charge >= 0.3 is 0 Å². The van der Waals surface area contributed by atoms with E-state index in [9.17, 15) is 4.79 Å². The van der Waals surface area contributed by atoms with Crippen LogP contribution in [0, 0.1) is 11.3 Å². The highest BCUT2D eigenvalue weighted by Gasteiger charge is 2.44. The zero-order valence-corrected chi connectivity index (χ0v) is 15.7. The molecule has 2 saturated heterocycles. The predicted molar refractivity (Wildman–Crippen MR) is 100 cm³/mol. The molecule has 2 heterocycles. The van der Waals surface area contributed by atoms with E-state index in [1.165, 1.54) is 5.56 Å². The molecule has 0 aromatic heterocycles. The molecule has 1 N–H and O–H groups in total. The van der Waals surface area contributed by atoms with Crippen LogP contribution in [0.25, 0.3) is 0 Å². The van der Waals surface area contributed by atoms with Crippen LogP contribution in [0.2, 0.25) is 0 Å². The lowest BCUT2D eigenvalue weighted by molar-refractivity contribution is -0.129. The maximum absolute atomic E-state index is 12.2. The molecule has 0 radical (unpaired) electrons. The lowest BCUT2D eigenvalue weighted by atomic mass is 9.69. The summed E-state index contributed by atoms with van der Waals surface area (Å²) in [6.45, 7) is 8.79. The van der Waals surface area contributed by atoms with Crippen molar-refractivity contribution in [1.82, 2.24) is 10.2 Å². The third-order valence-electron chi connectivity index (χ3n) is 6.02. The summed E-state index contributed by atoms with van der Waals surface area (Å²) < 4.78 is 5.69. The largest absolute Gasteiger partial charge is 0.379 e. The summed E-state index contributed by atoms with van der Waals surface area (Å²) >= 11 is 0. The van der Waals surface area contributed by atoms with Gasteiger partial charge in [-0.1, -0.05) is 44.2 Å². The minimum absolute atomic E-state index is 0.0323. The molecule has 0 unspecified atom stereocenters. The highest BCUT2D eigenvalue weighted by Crippen LogP contribution is 2.41. The first kappa shape index (κ1) is 18.4. The highest BCUT2D eigenvalue weighted by atomic mass is 16.5. The van der Waals surface area contributed by atoms with E-state index in [1.807, 2.05) is 13.8 Å². The van der Waals surface area contributed by atoms with E-state index < -0.39 is 0 Å². The minimum atomic E-state index is 0.0323. The van der Waals surface area contributed by atoms with Gasteiger partial charge in [0.15, 0.2) is 0 Å². The predicted octanol–water partition coefficient (Wildman–Crippen LogP) is 2.87. The second-order valence-electron chi connectivity index (χ2n) is 7.98. The number of amides is 1. The van der Waals surface area contributed by atoms with Crippen molar-refractivity contribution in [3.05, 3.63) is 35.9 Å². The van der Waals surface area contributed by atoms with Crippen molar-refractivity contribution >= 4 is 5.91 Å². The lowest BCUT2D eigenvalue weighted by Gasteiger charge is -2.49. The van der Waals surface area contributed by atoms with Crippen molar-refractivity contribution in [3.8, 4) is 0 Å². The van der Waals surface area contributed by atoms with Gasteiger partial charge in [-0.2, -0.15) is 0 Å². The molecular weight excluding hydrogens is 312 g/mol. The van der Waals surface area contributed by atoms with E-state index >= 15 is 0 Å². The average molecular weight is 344 g/mol. The van der Waals surface area contributed by atoms with Gasteiger partial charge in [0, 0.05) is 19.1 Å². The fourth-order valence-corrected chi connectivity index (χ4v) is 4.11. The highest BCUT2D eigenvalue weighted by molar-refractivity contribution is 5.78. The van der Waals surface area contributed by atoms with Crippen LogP contribution in [0.4, 0.5) is 0 Å². The molecule has 138 valence electrons. The van der Waals surface area contributed by atoms with Crippen LogP contribution in [-0.2, 0) is 16.0 Å². The number of rotatable bonds is 5. The van der Waals surface area contributed by atoms with Gasteiger partial charge in [-0.25, -0.2) is 0 Å². The van der Waals surface area contributed by atoms with Crippen molar-refractivity contribution in [1.29, 1.82) is 0 Å². The maximum Gasteiger partial charge on any atom is 0.222 e. The van der Waals surface area contributed by atoms with Crippen LogP contribution in [0.3, 0.4) is 0 Å². The lowest BCUT2D eigenvalue weighted by Crippen LogP contribution is -2.58. The molecule has 2 aliphatic rings. The topological polar surface area (TPSA) is 41.6 Å². The summed E-state index contributed by atoms with van der Waals surface area (Å²) in [6, 6.07) is 10.9. The van der Waals surface area contributed by atoms with Gasteiger partial charge in [0.25, 0.3) is 0 Å². The number of piperidine rings is 1. The molecule has 0 bridgehead atoms. The van der Waals surface area contributed by atoms with Gasteiger partial charge in [0.1, 0.15) is 0 Å². The fourth-order valence-electron chi connectivity index (χ4n) is 4.11. The number of benzene rings is 1. The van der Waals surface area contributed by atoms with Crippen LogP contribution in [0.5, 0.6) is 0 Å². The molecule has 1 spiro atoms. The van der Waals surface area contributed by atoms with Crippen molar-refractivity contribution in [2.24, 2.45) is 11.3 Å². The van der Waals surface area contributed by atoms with Crippen molar-refractivity contribution in [3.63, 3.8) is 0 Å².